The fraction of sp³-hybridized carbons (Fsp3) is 0.136. The molecule has 2 heterocycles. The predicted molar refractivity (Wildman–Crippen MR) is 114 cm³/mol. The first-order chi connectivity index (χ1) is 14.3. The highest BCUT2D eigenvalue weighted by atomic mass is 35.5. The Hall–Kier alpha value is -3.03. The number of ketones is 1. The molecule has 4 rings (SSSR count). The molecule has 0 bridgehead atoms. The first-order valence-corrected chi connectivity index (χ1v) is 10.2. The van der Waals surface area contributed by atoms with Crippen LogP contribution in [-0.4, -0.2) is 21.8 Å². The van der Waals surface area contributed by atoms with E-state index in [1.54, 1.807) is 44.2 Å². The number of carbonyl (C=O) groups excluding carboxylic acids is 2. The minimum Gasteiger partial charge on any atom is -0.503 e. The van der Waals surface area contributed by atoms with E-state index < -0.39 is 29.3 Å². The molecule has 1 amide bonds. The zero-order valence-corrected chi connectivity index (χ0v) is 17.6. The lowest BCUT2D eigenvalue weighted by Crippen LogP contribution is -2.31. The molecule has 2 aromatic carbocycles. The van der Waals surface area contributed by atoms with Crippen molar-refractivity contribution < 1.29 is 19.1 Å². The molecule has 1 aliphatic heterocycles. The number of aliphatic hydroxyl groups excluding tert-OH is 1. The second-order valence-electron chi connectivity index (χ2n) is 6.83. The molecule has 1 aromatic heterocycles. The summed E-state index contributed by atoms with van der Waals surface area (Å²) < 4.78 is 13.7. The van der Waals surface area contributed by atoms with Gasteiger partial charge in [0.15, 0.2) is 5.76 Å². The number of halogens is 2. The maximum atomic E-state index is 13.7. The van der Waals surface area contributed by atoms with Crippen LogP contribution in [0.4, 0.5) is 10.1 Å². The highest BCUT2D eigenvalue weighted by molar-refractivity contribution is 7.14. The zero-order valence-electron chi connectivity index (χ0n) is 16.0. The maximum Gasteiger partial charge on any atom is 0.294 e. The van der Waals surface area contributed by atoms with E-state index in [0.29, 0.717) is 21.1 Å². The van der Waals surface area contributed by atoms with Gasteiger partial charge in [0.05, 0.1) is 32.2 Å². The van der Waals surface area contributed by atoms with Gasteiger partial charge in [-0.25, -0.2) is 9.37 Å². The quantitative estimate of drug-likeness (QED) is 0.554. The second-order valence-corrected chi connectivity index (χ2v) is 8.44. The molecule has 152 valence electrons. The van der Waals surface area contributed by atoms with Crippen LogP contribution in [0.2, 0.25) is 5.02 Å². The topological polar surface area (TPSA) is 70.5 Å². The smallest absolute Gasteiger partial charge is 0.294 e. The van der Waals surface area contributed by atoms with Gasteiger partial charge in [-0.2, -0.15) is 0 Å². The molecule has 30 heavy (non-hydrogen) atoms. The number of thiazole rings is 1. The van der Waals surface area contributed by atoms with Crippen LogP contribution in [0.3, 0.4) is 0 Å². The van der Waals surface area contributed by atoms with Crippen molar-refractivity contribution in [3.05, 3.63) is 91.8 Å². The van der Waals surface area contributed by atoms with Gasteiger partial charge in [0, 0.05) is 5.69 Å². The van der Waals surface area contributed by atoms with Crippen LogP contribution in [0, 0.1) is 19.7 Å². The molecule has 0 spiro atoms. The number of aryl methyl sites for hydroxylation is 2. The summed E-state index contributed by atoms with van der Waals surface area (Å²) in [6.07, 6.45) is 0. The first-order valence-electron chi connectivity index (χ1n) is 9.05. The Morgan fingerprint density at radius 1 is 1.20 bits per heavy atom. The van der Waals surface area contributed by atoms with Gasteiger partial charge in [-0.1, -0.05) is 41.9 Å². The number of aliphatic hydroxyl groups is 1. The maximum absolute atomic E-state index is 13.7. The van der Waals surface area contributed by atoms with E-state index in [-0.39, 0.29) is 16.3 Å². The summed E-state index contributed by atoms with van der Waals surface area (Å²) in [5, 5.41) is 11.3. The van der Waals surface area contributed by atoms with Crippen LogP contribution in [0.1, 0.15) is 32.0 Å². The van der Waals surface area contributed by atoms with Gasteiger partial charge >= 0.3 is 0 Å². The van der Waals surface area contributed by atoms with E-state index in [1.165, 1.54) is 28.4 Å². The summed E-state index contributed by atoms with van der Waals surface area (Å²) in [4.78, 5) is 32.3. The number of carbonyl (C=O) groups is 2. The molecule has 0 radical (unpaired) electrons. The standard InChI is InChI=1S/C22H16ClFN2O3S/c1-11-21(30-12(2)25-11)19(27)17-18(13-6-4-3-5-7-13)26(22(29)20(17)28)14-8-9-16(24)15(23)10-14/h3-10,18,28H,1-2H3. The van der Waals surface area contributed by atoms with Crippen LogP contribution < -0.4 is 4.90 Å². The Bertz CT molecular complexity index is 1210. The number of Topliss-reactive ketones (excluding diaryl/α,β-unsaturated/α-hetero) is 1. The van der Waals surface area contributed by atoms with Crippen LogP contribution in [0.15, 0.2) is 59.9 Å². The monoisotopic (exact) mass is 442 g/mol. The molecule has 5 nitrogen and oxygen atoms in total. The van der Waals surface area contributed by atoms with Crippen LogP contribution in [0.25, 0.3) is 0 Å². The van der Waals surface area contributed by atoms with Crippen molar-refractivity contribution in [2.75, 3.05) is 4.90 Å². The van der Waals surface area contributed by atoms with Gasteiger partial charge in [0.1, 0.15) is 5.82 Å². The first kappa shape index (κ1) is 20.3. The van der Waals surface area contributed by atoms with Crippen LogP contribution in [-0.2, 0) is 4.79 Å². The number of rotatable bonds is 4. The summed E-state index contributed by atoms with van der Waals surface area (Å²) in [5.74, 6) is -2.49. The van der Waals surface area contributed by atoms with Gasteiger partial charge in [0.2, 0.25) is 5.78 Å². The number of amides is 1. The van der Waals surface area contributed by atoms with Crippen molar-refractivity contribution in [1.82, 2.24) is 4.98 Å². The molecular weight excluding hydrogens is 427 g/mol. The van der Waals surface area contributed by atoms with E-state index in [9.17, 15) is 19.1 Å². The lowest BCUT2D eigenvalue weighted by molar-refractivity contribution is -0.117. The number of hydrogen-bond donors (Lipinski definition) is 1. The predicted octanol–water partition coefficient (Wildman–Crippen LogP) is 5.34. The third kappa shape index (κ3) is 3.30. The van der Waals surface area contributed by atoms with Gasteiger partial charge in [-0.05, 0) is 37.6 Å². The Morgan fingerprint density at radius 2 is 1.90 bits per heavy atom. The minimum absolute atomic E-state index is 0.0432. The molecule has 3 aromatic rings. The molecule has 1 atom stereocenters. The van der Waals surface area contributed by atoms with Gasteiger partial charge in [-0.15, -0.1) is 11.3 Å². The fourth-order valence-electron chi connectivity index (χ4n) is 3.55. The molecule has 1 unspecified atom stereocenters. The molecule has 0 aliphatic carbocycles. The molecule has 8 heteroatoms. The van der Waals surface area contributed by atoms with Gasteiger partial charge < -0.3 is 5.11 Å². The molecule has 1 N–H and O–H groups in total. The normalized spacial score (nSPS) is 16.5. The summed E-state index contributed by atoms with van der Waals surface area (Å²) in [7, 11) is 0. The second kappa shape index (κ2) is 7.66. The Labute approximate surface area is 181 Å². The summed E-state index contributed by atoms with van der Waals surface area (Å²) in [5.41, 5.74) is 1.38. The van der Waals surface area contributed by atoms with Crippen LogP contribution >= 0.6 is 22.9 Å². The third-order valence-electron chi connectivity index (χ3n) is 4.86. The average Bonchev–Trinajstić information content (AvgIpc) is 3.20. The van der Waals surface area contributed by atoms with E-state index in [1.807, 2.05) is 0 Å². The van der Waals surface area contributed by atoms with Gasteiger partial charge in [0.25, 0.3) is 5.91 Å². The summed E-state index contributed by atoms with van der Waals surface area (Å²) in [6, 6.07) is 11.8. The highest BCUT2D eigenvalue weighted by Crippen LogP contribution is 2.43. The number of anilines is 1. The Morgan fingerprint density at radius 3 is 2.50 bits per heavy atom. The van der Waals surface area contributed by atoms with E-state index in [0.717, 1.165) is 6.07 Å². The largest absolute Gasteiger partial charge is 0.503 e. The Balaban J connectivity index is 1.90. The average molecular weight is 443 g/mol. The summed E-state index contributed by atoms with van der Waals surface area (Å²) >= 11 is 7.13. The number of aromatic nitrogens is 1. The fourth-order valence-corrected chi connectivity index (χ4v) is 4.60. The number of hydrogen-bond acceptors (Lipinski definition) is 5. The van der Waals surface area contributed by atoms with E-state index in [2.05, 4.69) is 4.98 Å². The SMILES string of the molecule is Cc1nc(C)c(C(=O)C2=C(O)C(=O)N(c3ccc(F)c(Cl)c3)C2c2ccccc2)s1. The van der Waals surface area contributed by atoms with E-state index in [4.69, 9.17) is 11.6 Å². The third-order valence-corrected chi connectivity index (χ3v) is 6.22. The van der Waals surface area contributed by atoms with Crippen molar-refractivity contribution in [3.63, 3.8) is 0 Å². The van der Waals surface area contributed by atoms with Crippen LogP contribution in [0.5, 0.6) is 0 Å². The molecule has 1 aliphatic rings. The lowest BCUT2D eigenvalue weighted by atomic mass is 9.95. The molecule has 0 saturated carbocycles. The zero-order chi connectivity index (χ0) is 21.6. The lowest BCUT2D eigenvalue weighted by Gasteiger charge is -2.27. The van der Waals surface area contributed by atoms with Crippen molar-refractivity contribution in [2.45, 2.75) is 19.9 Å². The number of nitrogens with zero attached hydrogens (tertiary/aromatic N) is 2. The molecule has 0 saturated heterocycles. The summed E-state index contributed by atoms with van der Waals surface area (Å²) in [6.45, 7) is 3.49. The molecular formula is C22H16ClFN2O3S. The Kier molecular flexibility index (Phi) is 5.17. The van der Waals surface area contributed by atoms with Gasteiger partial charge in [-0.3, -0.25) is 14.5 Å². The molecule has 0 fully saturated rings. The van der Waals surface area contributed by atoms with Crippen molar-refractivity contribution in [2.24, 2.45) is 0 Å². The van der Waals surface area contributed by atoms with Crippen molar-refractivity contribution >= 4 is 40.3 Å². The van der Waals surface area contributed by atoms with E-state index >= 15 is 0 Å². The van der Waals surface area contributed by atoms with Crippen molar-refractivity contribution in [3.8, 4) is 0 Å². The van der Waals surface area contributed by atoms with Crippen molar-refractivity contribution in [1.29, 1.82) is 0 Å². The number of benzene rings is 2. The highest BCUT2D eigenvalue weighted by Gasteiger charge is 2.45. The minimum atomic E-state index is -0.894.